The second-order valence-electron chi connectivity index (χ2n) is 3.49. The highest BCUT2D eigenvalue weighted by atomic mass is 16.6. The van der Waals surface area contributed by atoms with Crippen LogP contribution in [0.2, 0.25) is 0 Å². The quantitative estimate of drug-likeness (QED) is 0.566. The van der Waals surface area contributed by atoms with Crippen molar-refractivity contribution in [3.63, 3.8) is 0 Å². The average Bonchev–Trinajstić information content (AvgIpc) is 2.11. The first kappa shape index (κ1) is 9.63. The predicted molar refractivity (Wildman–Crippen MR) is 54.4 cm³/mol. The SMILES string of the molecule is Nc1ncc([N+](=O)[O-])c(NC2CCC2)n1. The molecule has 1 heterocycles. The van der Waals surface area contributed by atoms with Crippen LogP contribution in [0.1, 0.15) is 19.3 Å². The topological polar surface area (TPSA) is 107 Å². The summed E-state index contributed by atoms with van der Waals surface area (Å²) in [6, 6.07) is 0.276. The summed E-state index contributed by atoms with van der Waals surface area (Å²) < 4.78 is 0. The smallest absolute Gasteiger partial charge is 0.329 e. The van der Waals surface area contributed by atoms with E-state index in [4.69, 9.17) is 5.73 Å². The first-order valence-electron chi connectivity index (χ1n) is 4.70. The van der Waals surface area contributed by atoms with Gasteiger partial charge in [0.1, 0.15) is 6.20 Å². The van der Waals surface area contributed by atoms with Crippen LogP contribution in [0.4, 0.5) is 17.5 Å². The lowest BCUT2D eigenvalue weighted by molar-refractivity contribution is -0.384. The zero-order valence-corrected chi connectivity index (χ0v) is 8.01. The fraction of sp³-hybridized carbons (Fsp3) is 0.500. The Balaban J connectivity index is 2.24. The molecule has 3 N–H and O–H groups in total. The molecule has 1 aromatic rings. The van der Waals surface area contributed by atoms with Gasteiger partial charge >= 0.3 is 5.69 Å². The summed E-state index contributed by atoms with van der Waals surface area (Å²) in [7, 11) is 0. The molecular formula is C8H11N5O2. The lowest BCUT2D eigenvalue weighted by atomic mass is 9.93. The average molecular weight is 209 g/mol. The third kappa shape index (κ3) is 1.95. The molecule has 1 aliphatic carbocycles. The normalized spacial score (nSPS) is 15.7. The molecule has 0 atom stereocenters. The van der Waals surface area contributed by atoms with Gasteiger partial charge in [0, 0.05) is 6.04 Å². The van der Waals surface area contributed by atoms with E-state index in [1.54, 1.807) is 0 Å². The van der Waals surface area contributed by atoms with Crippen molar-refractivity contribution in [3.8, 4) is 0 Å². The number of nitrogens with one attached hydrogen (secondary N) is 1. The van der Waals surface area contributed by atoms with Gasteiger partial charge in [0.15, 0.2) is 0 Å². The van der Waals surface area contributed by atoms with E-state index in [1.807, 2.05) is 0 Å². The molecule has 0 amide bonds. The monoisotopic (exact) mass is 209 g/mol. The Kier molecular flexibility index (Phi) is 2.36. The maximum atomic E-state index is 10.7. The van der Waals surface area contributed by atoms with Crippen molar-refractivity contribution in [2.45, 2.75) is 25.3 Å². The predicted octanol–water partition coefficient (Wildman–Crippen LogP) is 0.931. The molecule has 15 heavy (non-hydrogen) atoms. The Bertz CT molecular complexity index is 391. The molecule has 0 radical (unpaired) electrons. The van der Waals surface area contributed by atoms with Crippen LogP contribution in [0, 0.1) is 10.1 Å². The minimum absolute atomic E-state index is 0.0439. The standard InChI is InChI=1S/C8H11N5O2/c9-8-10-4-6(13(14)15)7(12-8)11-5-2-1-3-5/h4-5H,1-3H2,(H3,9,10,11,12). The third-order valence-electron chi connectivity index (χ3n) is 2.43. The van der Waals surface area contributed by atoms with E-state index >= 15 is 0 Å². The number of rotatable bonds is 3. The molecule has 0 aromatic carbocycles. The van der Waals surface area contributed by atoms with E-state index in [2.05, 4.69) is 15.3 Å². The Labute approximate surface area is 85.9 Å². The van der Waals surface area contributed by atoms with Crippen molar-refractivity contribution in [1.29, 1.82) is 0 Å². The third-order valence-corrected chi connectivity index (χ3v) is 2.43. The molecule has 2 rings (SSSR count). The first-order valence-corrected chi connectivity index (χ1v) is 4.70. The highest BCUT2D eigenvalue weighted by molar-refractivity contribution is 5.56. The van der Waals surface area contributed by atoms with Gasteiger partial charge in [0.05, 0.1) is 4.92 Å². The molecule has 0 saturated heterocycles. The fourth-order valence-corrected chi connectivity index (χ4v) is 1.37. The zero-order valence-electron chi connectivity index (χ0n) is 8.01. The Morgan fingerprint density at radius 3 is 2.87 bits per heavy atom. The van der Waals surface area contributed by atoms with Crippen molar-refractivity contribution in [1.82, 2.24) is 9.97 Å². The number of nitro groups is 1. The summed E-state index contributed by atoms with van der Waals surface area (Å²) in [5.74, 6) is 0.264. The molecule has 7 nitrogen and oxygen atoms in total. The summed E-state index contributed by atoms with van der Waals surface area (Å²) in [6.45, 7) is 0. The largest absolute Gasteiger partial charge is 0.368 e. The highest BCUT2D eigenvalue weighted by Crippen LogP contribution is 2.27. The van der Waals surface area contributed by atoms with Crippen molar-refractivity contribution in [2.75, 3.05) is 11.1 Å². The second-order valence-corrected chi connectivity index (χ2v) is 3.49. The van der Waals surface area contributed by atoms with Crippen molar-refractivity contribution in [2.24, 2.45) is 0 Å². The summed E-state index contributed by atoms with van der Waals surface area (Å²) in [6.07, 6.45) is 4.30. The number of nitrogens with two attached hydrogens (primary N) is 1. The van der Waals surface area contributed by atoms with Gasteiger partial charge in [-0.2, -0.15) is 4.98 Å². The molecular weight excluding hydrogens is 198 g/mol. The van der Waals surface area contributed by atoms with E-state index in [0.29, 0.717) is 0 Å². The maximum Gasteiger partial charge on any atom is 0.329 e. The van der Waals surface area contributed by atoms with Crippen LogP contribution in [-0.2, 0) is 0 Å². The van der Waals surface area contributed by atoms with Crippen LogP contribution in [0.25, 0.3) is 0 Å². The Morgan fingerprint density at radius 2 is 2.33 bits per heavy atom. The summed E-state index contributed by atoms with van der Waals surface area (Å²) in [4.78, 5) is 17.6. The molecule has 80 valence electrons. The maximum absolute atomic E-state index is 10.7. The van der Waals surface area contributed by atoms with E-state index in [-0.39, 0.29) is 23.5 Å². The number of nitrogens with zero attached hydrogens (tertiary/aromatic N) is 3. The molecule has 7 heteroatoms. The first-order chi connectivity index (χ1) is 7.16. The van der Waals surface area contributed by atoms with Crippen LogP contribution in [0.5, 0.6) is 0 Å². The van der Waals surface area contributed by atoms with Crippen LogP contribution in [0.15, 0.2) is 6.20 Å². The summed E-state index contributed by atoms with van der Waals surface area (Å²) >= 11 is 0. The molecule has 0 bridgehead atoms. The van der Waals surface area contributed by atoms with Gasteiger partial charge in [-0.25, -0.2) is 4.98 Å². The molecule has 1 aliphatic rings. The lowest BCUT2D eigenvalue weighted by Gasteiger charge is -2.26. The summed E-state index contributed by atoms with van der Waals surface area (Å²) in [5.41, 5.74) is 5.25. The van der Waals surface area contributed by atoms with Gasteiger partial charge in [-0.05, 0) is 19.3 Å². The number of anilines is 2. The number of hydrogen-bond acceptors (Lipinski definition) is 6. The van der Waals surface area contributed by atoms with Crippen molar-refractivity contribution in [3.05, 3.63) is 16.3 Å². The van der Waals surface area contributed by atoms with Crippen LogP contribution < -0.4 is 11.1 Å². The molecule has 0 unspecified atom stereocenters. The highest BCUT2D eigenvalue weighted by Gasteiger charge is 2.23. The van der Waals surface area contributed by atoms with E-state index in [9.17, 15) is 10.1 Å². The fourth-order valence-electron chi connectivity index (χ4n) is 1.37. The van der Waals surface area contributed by atoms with Gasteiger partial charge in [0.2, 0.25) is 11.8 Å². The van der Waals surface area contributed by atoms with E-state index < -0.39 is 4.92 Å². The number of hydrogen-bond donors (Lipinski definition) is 2. The molecule has 1 saturated carbocycles. The van der Waals surface area contributed by atoms with Crippen molar-refractivity contribution >= 4 is 17.5 Å². The van der Waals surface area contributed by atoms with Crippen LogP contribution in [0.3, 0.4) is 0 Å². The van der Waals surface area contributed by atoms with Gasteiger partial charge in [0.25, 0.3) is 0 Å². The number of nitrogen functional groups attached to an aromatic ring is 1. The summed E-state index contributed by atoms with van der Waals surface area (Å²) in [5, 5.41) is 13.7. The van der Waals surface area contributed by atoms with Crippen LogP contribution in [-0.4, -0.2) is 20.9 Å². The van der Waals surface area contributed by atoms with Crippen LogP contribution >= 0.6 is 0 Å². The number of aromatic nitrogens is 2. The lowest BCUT2D eigenvalue weighted by Crippen LogP contribution is -2.28. The Morgan fingerprint density at radius 1 is 1.60 bits per heavy atom. The minimum Gasteiger partial charge on any atom is -0.368 e. The second kappa shape index (κ2) is 3.68. The van der Waals surface area contributed by atoms with E-state index in [0.717, 1.165) is 25.5 Å². The zero-order chi connectivity index (χ0) is 10.8. The Hall–Kier alpha value is -1.92. The molecule has 1 fully saturated rings. The van der Waals surface area contributed by atoms with Gasteiger partial charge in [-0.15, -0.1) is 0 Å². The van der Waals surface area contributed by atoms with Crippen molar-refractivity contribution < 1.29 is 4.92 Å². The van der Waals surface area contributed by atoms with Gasteiger partial charge in [-0.3, -0.25) is 10.1 Å². The minimum atomic E-state index is -0.513. The van der Waals surface area contributed by atoms with E-state index in [1.165, 1.54) is 0 Å². The molecule has 0 aliphatic heterocycles. The molecule has 1 aromatic heterocycles. The molecule has 0 spiro atoms. The van der Waals surface area contributed by atoms with Gasteiger partial charge in [-0.1, -0.05) is 0 Å². The van der Waals surface area contributed by atoms with Gasteiger partial charge < -0.3 is 11.1 Å².